The van der Waals surface area contributed by atoms with E-state index in [9.17, 15) is 14.4 Å². The smallest absolute Gasteiger partial charge is 0.261 e. The molecule has 0 aromatic heterocycles. The van der Waals surface area contributed by atoms with Crippen LogP contribution in [0.5, 0.6) is 0 Å². The zero-order valence-electron chi connectivity index (χ0n) is 15.3. The summed E-state index contributed by atoms with van der Waals surface area (Å²) in [5, 5.41) is 5.14. The van der Waals surface area contributed by atoms with E-state index in [-0.39, 0.29) is 29.8 Å². The van der Waals surface area contributed by atoms with E-state index in [1.807, 2.05) is 0 Å². The maximum absolute atomic E-state index is 12.2. The van der Waals surface area contributed by atoms with Gasteiger partial charge in [0.05, 0.1) is 23.2 Å². The van der Waals surface area contributed by atoms with Gasteiger partial charge in [0.15, 0.2) is 0 Å². The quantitative estimate of drug-likeness (QED) is 0.543. The standard InChI is InChI=1S/C19H27N3O3/c1-19(2,3)21-12-7-11-20-16(23)10-6-13-22-17(24)14-8-4-5-9-15(14)18(22)25/h4-5,8-9,21H,6-7,10-13H2,1-3H3,(H,20,23)/p+1. The Morgan fingerprint density at radius 2 is 1.68 bits per heavy atom. The van der Waals surface area contributed by atoms with Crippen LogP contribution in [0.2, 0.25) is 0 Å². The molecule has 0 unspecified atom stereocenters. The maximum Gasteiger partial charge on any atom is 0.261 e. The molecule has 3 amide bonds. The summed E-state index contributed by atoms with van der Waals surface area (Å²) in [5.74, 6) is -0.565. The number of quaternary nitrogens is 1. The Bertz CT molecular complexity index is 615. The molecule has 0 aliphatic carbocycles. The molecule has 1 heterocycles. The molecule has 0 spiro atoms. The first kappa shape index (κ1) is 19.1. The highest BCUT2D eigenvalue weighted by Crippen LogP contribution is 2.22. The number of carbonyl (C=O) groups is 3. The van der Waals surface area contributed by atoms with Gasteiger partial charge in [-0.05, 0) is 39.3 Å². The van der Waals surface area contributed by atoms with Gasteiger partial charge in [0.2, 0.25) is 5.91 Å². The van der Waals surface area contributed by atoms with Crippen LogP contribution >= 0.6 is 0 Å². The summed E-state index contributed by atoms with van der Waals surface area (Å²) in [5.41, 5.74) is 1.11. The second kappa shape index (κ2) is 8.25. The predicted molar refractivity (Wildman–Crippen MR) is 95.2 cm³/mol. The lowest BCUT2D eigenvalue weighted by molar-refractivity contribution is -0.717. The van der Waals surface area contributed by atoms with Gasteiger partial charge >= 0.3 is 0 Å². The van der Waals surface area contributed by atoms with Crippen LogP contribution in [0.4, 0.5) is 0 Å². The van der Waals surface area contributed by atoms with Gasteiger partial charge in [0, 0.05) is 25.9 Å². The Labute approximate surface area is 149 Å². The van der Waals surface area contributed by atoms with Crippen molar-refractivity contribution in [2.45, 2.75) is 45.6 Å². The molecule has 0 fully saturated rings. The Kier molecular flexibility index (Phi) is 6.31. The minimum atomic E-state index is -0.265. The van der Waals surface area contributed by atoms with Crippen LogP contribution in [0.1, 0.15) is 60.7 Å². The lowest BCUT2D eigenvalue weighted by Gasteiger charge is -2.16. The van der Waals surface area contributed by atoms with E-state index in [1.165, 1.54) is 4.90 Å². The number of rotatable bonds is 8. The van der Waals surface area contributed by atoms with Gasteiger partial charge in [0.1, 0.15) is 0 Å². The first-order valence-corrected chi connectivity index (χ1v) is 8.86. The van der Waals surface area contributed by atoms with Gasteiger partial charge in [0.25, 0.3) is 11.8 Å². The van der Waals surface area contributed by atoms with E-state index in [1.54, 1.807) is 24.3 Å². The maximum atomic E-state index is 12.2. The molecule has 0 saturated carbocycles. The van der Waals surface area contributed by atoms with Crippen LogP contribution in [0.25, 0.3) is 0 Å². The summed E-state index contributed by atoms with van der Waals surface area (Å²) in [7, 11) is 0. The molecule has 2 rings (SSSR count). The van der Waals surface area contributed by atoms with E-state index in [0.717, 1.165) is 13.0 Å². The fraction of sp³-hybridized carbons (Fsp3) is 0.526. The molecule has 25 heavy (non-hydrogen) atoms. The highest BCUT2D eigenvalue weighted by atomic mass is 16.2. The SMILES string of the molecule is CC(C)(C)[NH2+]CCCNC(=O)CCCN1C(=O)c2ccccc2C1=O. The zero-order valence-corrected chi connectivity index (χ0v) is 15.3. The van der Waals surface area contributed by atoms with E-state index in [2.05, 4.69) is 31.4 Å². The molecule has 6 heteroatoms. The third-order valence-corrected chi connectivity index (χ3v) is 4.12. The van der Waals surface area contributed by atoms with E-state index >= 15 is 0 Å². The summed E-state index contributed by atoms with van der Waals surface area (Å²) in [4.78, 5) is 37.5. The number of nitrogens with zero attached hydrogens (tertiary/aromatic N) is 1. The molecule has 6 nitrogen and oxygen atoms in total. The first-order valence-electron chi connectivity index (χ1n) is 8.86. The van der Waals surface area contributed by atoms with Gasteiger partial charge in [-0.3, -0.25) is 19.3 Å². The number of imide groups is 1. The van der Waals surface area contributed by atoms with Crippen molar-refractivity contribution in [3.63, 3.8) is 0 Å². The minimum Gasteiger partial charge on any atom is -0.356 e. The highest BCUT2D eigenvalue weighted by molar-refractivity contribution is 6.21. The second-order valence-electron chi connectivity index (χ2n) is 7.47. The normalized spacial score (nSPS) is 14.0. The summed E-state index contributed by atoms with van der Waals surface area (Å²) >= 11 is 0. The molecule has 1 aliphatic heterocycles. The number of carbonyl (C=O) groups excluding carboxylic acids is 3. The van der Waals surface area contributed by atoms with Crippen molar-refractivity contribution in [3.05, 3.63) is 35.4 Å². The third-order valence-electron chi connectivity index (χ3n) is 4.12. The summed E-state index contributed by atoms with van der Waals surface area (Å²) in [6, 6.07) is 6.82. The topological polar surface area (TPSA) is 83.1 Å². The van der Waals surface area contributed by atoms with Crippen LogP contribution in [0.3, 0.4) is 0 Å². The fourth-order valence-electron chi connectivity index (χ4n) is 2.79. The fourth-order valence-corrected chi connectivity index (χ4v) is 2.79. The monoisotopic (exact) mass is 346 g/mol. The molecule has 0 bridgehead atoms. The van der Waals surface area contributed by atoms with Crippen molar-refractivity contribution < 1.29 is 19.7 Å². The van der Waals surface area contributed by atoms with Gasteiger partial charge < -0.3 is 10.6 Å². The molecule has 0 atom stereocenters. The zero-order chi connectivity index (χ0) is 18.4. The molecule has 1 aromatic carbocycles. The molecule has 136 valence electrons. The molecular formula is C19H28N3O3+. The van der Waals surface area contributed by atoms with E-state index in [4.69, 9.17) is 0 Å². The molecule has 3 N–H and O–H groups in total. The van der Waals surface area contributed by atoms with Crippen molar-refractivity contribution in [2.24, 2.45) is 0 Å². The van der Waals surface area contributed by atoms with E-state index < -0.39 is 0 Å². The predicted octanol–water partition coefficient (Wildman–Crippen LogP) is 0.931. The Morgan fingerprint density at radius 3 is 2.24 bits per heavy atom. The average Bonchev–Trinajstić information content (AvgIpc) is 2.79. The largest absolute Gasteiger partial charge is 0.356 e. The van der Waals surface area contributed by atoms with Gasteiger partial charge in [-0.25, -0.2) is 0 Å². The van der Waals surface area contributed by atoms with Crippen molar-refractivity contribution >= 4 is 17.7 Å². The van der Waals surface area contributed by atoms with Crippen LogP contribution < -0.4 is 10.6 Å². The number of amides is 3. The summed E-state index contributed by atoms with van der Waals surface area (Å²) < 4.78 is 0. The van der Waals surface area contributed by atoms with Gasteiger partial charge in [-0.15, -0.1) is 0 Å². The lowest BCUT2D eigenvalue weighted by atomic mass is 10.1. The first-order chi connectivity index (χ1) is 11.8. The van der Waals surface area contributed by atoms with E-state index in [0.29, 0.717) is 30.5 Å². The second-order valence-corrected chi connectivity index (χ2v) is 7.47. The van der Waals surface area contributed by atoms with Crippen LogP contribution in [-0.4, -0.2) is 47.8 Å². The van der Waals surface area contributed by atoms with Crippen molar-refractivity contribution in [2.75, 3.05) is 19.6 Å². The third kappa shape index (κ3) is 5.39. The summed E-state index contributed by atoms with van der Waals surface area (Å²) in [6.07, 6.45) is 1.71. The van der Waals surface area contributed by atoms with Gasteiger partial charge in [-0.2, -0.15) is 0 Å². The highest BCUT2D eigenvalue weighted by Gasteiger charge is 2.34. The minimum absolute atomic E-state index is 0.0348. The molecule has 0 saturated heterocycles. The van der Waals surface area contributed by atoms with Crippen molar-refractivity contribution in [3.8, 4) is 0 Å². The summed E-state index contributed by atoms with van der Waals surface area (Å²) in [6.45, 7) is 8.37. The number of hydrogen-bond donors (Lipinski definition) is 2. The van der Waals surface area contributed by atoms with Crippen LogP contribution in [0, 0.1) is 0 Å². The van der Waals surface area contributed by atoms with Crippen molar-refractivity contribution in [1.29, 1.82) is 0 Å². The lowest BCUT2D eigenvalue weighted by Crippen LogP contribution is -2.94. The number of benzene rings is 1. The van der Waals surface area contributed by atoms with Crippen molar-refractivity contribution in [1.82, 2.24) is 10.2 Å². The van der Waals surface area contributed by atoms with Crippen LogP contribution in [-0.2, 0) is 4.79 Å². The number of nitrogens with two attached hydrogens (primary N) is 1. The number of hydrogen-bond acceptors (Lipinski definition) is 3. The average molecular weight is 346 g/mol. The number of fused-ring (bicyclic) bond motifs is 1. The molecule has 1 aliphatic rings. The molecular weight excluding hydrogens is 318 g/mol. The Hall–Kier alpha value is -2.21. The van der Waals surface area contributed by atoms with Gasteiger partial charge in [-0.1, -0.05) is 12.1 Å². The molecule has 1 aromatic rings. The Morgan fingerprint density at radius 1 is 1.08 bits per heavy atom. The van der Waals surface area contributed by atoms with Crippen LogP contribution in [0.15, 0.2) is 24.3 Å². The Balaban J connectivity index is 1.65. The molecule has 0 radical (unpaired) electrons. The number of nitrogens with one attached hydrogen (secondary N) is 1.